The summed E-state index contributed by atoms with van der Waals surface area (Å²) in [5, 5.41) is 73.9. The van der Waals surface area contributed by atoms with Crippen molar-refractivity contribution in [3.63, 3.8) is 0 Å². The van der Waals surface area contributed by atoms with Gasteiger partial charge in [-0.2, -0.15) is 0 Å². The van der Waals surface area contributed by atoms with E-state index in [4.69, 9.17) is 10.5 Å². The fourth-order valence-electron chi connectivity index (χ4n) is 14.0. The largest absolute Gasteiger partial charge is 0.497 e. The van der Waals surface area contributed by atoms with Crippen LogP contribution in [-0.2, 0) is 115 Å². The van der Waals surface area contributed by atoms with Gasteiger partial charge in [0, 0.05) is 72.6 Å². The quantitative estimate of drug-likeness (QED) is 0.0277. The Kier molecular flexibility index (Phi) is 39.0. The molecule has 43 heteroatoms. The first kappa shape index (κ1) is 104. The van der Waals surface area contributed by atoms with Crippen LogP contribution < -0.4 is 79.6 Å². The first-order valence-corrected chi connectivity index (χ1v) is 47.2. The number of hydrogen-bond donors (Lipinski definition) is 19. The maximum absolute atomic E-state index is 16.1. The van der Waals surface area contributed by atoms with Crippen molar-refractivity contribution < 1.29 is 111 Å². The molecule has 0 unspecified atom stereocenters. The number of benzene rings is 6. The van der Waals surface area contributed by atoms with E-state index in [1.165, 1.54) is 33.5 Å². The van der Waals surface area contributed by atoms with Crippen molar-refractivity contribution in [1.82, 2.24) is 79.1 Å². The highest BCUT2D eigenvalue weighted by atomic mass is 33.1. The van der Waals surface area contributed by atoms with Gasteiger partial charge in [0.1, 0.15) is 88.9 Å². The van der Waals surface area contributed by atoms with Crippen LogP contribution in [0.2, 0.25) is 0 Å². The minimum Gasteiger partial charge on any atom is -0.497 e. The number of nitrogens with one attached hydrogen (secondary N) is 14. The number of aryl methyl sites for hydroxylation is 2. The van der Waals surface area contributed by atoms with Crippen LogP contribution in [0, 0.1) is 11.6 Å². The van der Waals surface area contributed by atoms with Crippen molar-refractivity contribution >= 4 is 138 Å². The van der Waals surface area contributed by atoms with Crippen molar-refractivity contribution in [2.75, 3.05) is 43.3 Å². The Morgan fingerprint density at radius 1 is 0.602 bits per heavy atom. The molecule has 0 spiro atoms. The number of aromatic amines is 1. The van der Waals surface area contributed by atoms with E-state index in [0.717, 1.165) is 58.5 Å². The lowest BCUT2D eigenvalue weighted by Crippen LogP contribution is -2.65. The molecule has 12 atom stereocenters. The van der Waals surface area contributed by atoms with E-state index in [9.17, 15) is 58.8 Å². The molecule has 3 heterocycles. The molecule has 6 aromatic carbocycles. The third-order valence-corrected chi connectivity index (χ3v) is 26.4. The highest BCUT2D eigenvalue weighted by molar-refractivity contribution is 8.77. The number of nitrogens with zero attached hydrogens (tertiary/aromatic N) is 1. The van der Waals surface area contributed by atoms with E-state index in [0.29, 0.717) is 78.6 Å². The fraction of sp³-hybridized carbons (Fsp3) is 0.389. The van der Waals surface area contributed by atoms with Crippen LogP contribution in [-0.4, -0.2) is 246 Å². The third kappa shape index (κ3) is 31.4. The van der Waals surface area contributed by atoms with Crippen molar-refractivity contribution in [1.29, 1.82) is 0 Å². The number of hydrogen-bond acceptors (Lipinski definition) is 24. The number of rotatable bonds is 31. The van der Waals surface area contributed by atoms with Crippen LogP contribution in [0.5, 0.6) is 5.75 Å². The van der Waals surface area contributed by atoms with E-state index in [1.54, 1.807) is 72.8 Å². The van der Waals surface area contributed by atoms with Gasteiger partial charge in [-0.05, 0) is 122 Å². The molecule has 13 amide bonds. The number of aromatic nitrogens is 2. The van der Waals surface area contributed by atoms with E-state index in [-0.39, 0.29) is 25.7 Å². The summed E-state index contributed by atoms with van der Waals surface area (Å²) in [5.74, 6) is -24.9. The Morgan fingerprint density at radius 2 is 1.15 bits per heavy atom. The monoisotopic (exact) mass is 1910 g/mol. The maximum atomic E-state index is 16.1. The molecular formula is C90H106F2N16O21S4. The zero-order valence-corrected chi connectivity index (χ0v) is 76.3. The number of H-pyrrole nitrogens is 1. The number of amides is 13. The molecule has 0 radical (unpaired) electrons. The van der Waals surface area contributed by atoms with E-state index < -0.39 is 258 Å². The molecule has 7 aromatic rings. The number of carboxylic acids is 3. The Hall–Kier alpha value is -13.0. The highest BCUT2D eigenvalue weighted by Crippen LogP contribution is 2.31. The number of methoxy groups -OCH3 is 1. The number of imidazole rings is 1. The molecule has 1 aromatic heterocycles. The van der Waals surface area contributed by atoms with Gasteiger partial charge in [-0.1, -0.05) is 171 Å². The van der Waals surface area contributed by atoms with Crippen LogP contribution in [0.15, 0.2) is 158 Å². The number of aliphatic hydroxyl groups is 1. The number of fused-ring (bicyclic) bond motifs is 8. The summed E-state index contributed by atoms with van der Waals surface area (Å²) >= 11 is 0. The lowest BCUT2D eigenvalue weighted by Gasteiger charge is -2.33. The Labute approximate surface area is 779 Å². The summed E-state index contributed by atoms with van der Waals surface area (Å²) in [6, 6.07) is 19.7. The zero-order valence-electron chi connectivity index (χ0n) is 73.0. The van der Waals surface area contributed by atoms with Crippen LogP contribution in [0.1, 0.15) is 93.3 Å². The van der Waals surface area contributed by atoms with Crippen molar-refractivity contribution in [2.45, 2.75) is 176 Å². The van der Waals surface area contributed by atoms with Crippen LogP contribution in [0.4, 0.5) is 8.78 Å². The molecule has 37 nitrogen and oxygen atoms in total. The summed E-state index contributed by atoms with van der Waals surface area (Å²) in [5.41, 5.74) is 6.84. The molecular weight excluding hydrogens is 1810 g/mol. The van der Waals surface area contributed by atoms with Gasteiger partial charge < -0.3 is 105 Å². The van der Waals surface area contributed by atoms with Crippen LogP contribution in [0.3, 0.4) is 0 Å². The molecule has 9 rings (SSSR count). The van der Waals surface area contributed by atoms with Crippen LogP contribution >= 0.6 is 43.2 Å². The van der Waals surface area contributed by atoms with Gasteiger partial charge in [0.2, 0.25) is 76.8 Å². The predicted molar refractivity (Wildman–Crippen MR) is 492 cm³/mol. The average molecular weight is 1910 g/mol. The molecule has 0 saturated carbocycles. The molecule has 133 heavy (non-hydrogen) atoms. The molecule has 2 fully saturated rings. The number of ether oxygens (including phenoxy) is 1. The van der Waals surface area contributed by atoms with Gasteiger partial charge in [0.15, 0.2) is 0 Å². The topological polar surface area (TPSA) is 574 Å². The number of aliphatic carboxylic acids is 3. The molecule has 0 aliphatic carbocycles. The lowest BCUT2D eigenvalue weighted by atomic mass is 9.90. The van der Waals surface area contributed by atoms with Gasteiger partial charge in [0.25, 0.3) is 0 Å². The molecule has 710 valence electrons. The summed E-state index contributed by atoms with van der Waals surface area (Å²) < 4.78 is 37.7. The molecule has 2 saturated heterocycles. The second-order valence-corrected chi connectivity index (χ2v) is 37.2. The summed E-state index contributed by atoms with van der Waals surface area (Å²) in [7, 11) is 4.24. The number of carboxylic acid groups (broad SMARTS) is 3. The number of aliphatic hydroxyl groups excluding tert-OH is 1. The number of halogens is 2. The second kappa shape index (κ2) is 50.0. The van der Waals surface area contributed by atoms with Crippen molar-refractivity contribution in [3.8, 4) is 28.0 Å². The summed E-state index contributed by atoms with van der Waals surface area (Å²) in [6.45, 7) is 2.98. The zero-order chi connectivity index (χ0) is 96.6. The number of carbonyl (C=O) groups excluding carboxylic acids is 13. The fourth-order valence-corrected chi connectivity index (χ4v) is 18.7. The third-order valence-electron chi connectivity index (χ3n) is 21.6. The SMILES string of the molecule is CCc1cc(OC)ccc1-c1ccc(C[C@@H]2NC(=O)[C@H](CC(=O)O)NC(=O)[C@H](CO)NC(=O)[C@@H]3CSSC[C@@H](C(=O)O)NC(=O)[C@H](CSSC[C@H](NC(=O)CNC(=O)[C@H](CCC(=O)O)NC(=O)C(C)(C)NC(=O)[C@@H](N)Cc4cnc[nH]4)C(=O)N[C@@](C)(Cc4c(F)cccc4F)C(=O)N3)NC(=O)[C@H](Cc3ccc(-c4ccccc4)cc3)NC(=O)[C@H](CCCc3ccccc3)NC2=O)cc1. The van der Waals surface area contributed by atoms with Crippen molar-refractivity contribution in [3.05, 3.63) is 203 Å². The standard InChI is InChI=1S/C90H106F2N16O21S4/c1-6-52-37-57(129-5)31-32-58(52)55-29-25-51(26-30-55)36-65-79(118)98-63(22-13-17-49-15-9-7-10-16-49)78(117)99-66(35-50-23-27-54(28-24-50)53-18-11-8-12-19-53)80(119)103-69-44-130-132-46-71(97-73(110)42-95-77(116)64(33-34-74(111)112)105-87(127)89(2,3)107-76(115)62(93)38-56-41-94-48-96-56)85(124)108-90(4,40-59-60(91)20-14-21-61(59)92)88(128)106-70(45-131-133-47-72(86(125)126)104-83(69)122)84(123)102-68(43-109)82(121)101-67(39-75(113)114)81(120)100-65/h7-12,14-16,18-21,23-32,37,41,48,62-72,109H,6,13,17,22,33-36,38-40,42-47,93H2,1-5H3,(H,94,96)(H,95,116)(H,97,110)(H,98,118)(H,99,117)(H,100,120)(H,101,121)(H,102,123)(H,103,119)(H,104,122)(H,105,127)(H,106,128)(H,107,115)(H,108,124)(H,111,112)(H,113,114)(H,125,126)/t62-,63-,64-,65-,66-,67-,68-,69-,70-,71-,72-,90-/m0/s1. The lowest BCUT2D eigenvalue weighted by molar-refractivity contribution is -0.142. The molecule has 2 aliphatic rings. The number of carbonyl (C=O) groups is 16. The molecule has 20 N–H and O–H groups in total. The first-order valence-electron chi connectivity index (χ1n) is 42.3. The van der Waals surface area contributed by atoms with E-state index in [2.05, 4.69) is 79.1 Å². The predicted octanol–water partition coefficient (Wildman–Crippen LogP) is 2.15. The molecule has 2 bridgehead atoms. The van der Waals surface area contributed by atoms with Gasteiger partial charge >= 0.3 is 17.9 Å². The second-order valence-electron chi connectivity index (χ2n) is 32.1. The van der Waals surface area contributed by atoms with Crippen LogP contribution in [0.25, 0.3) is 22.3 Å². The van der Waals surface area contributed by atoms with E-state index in [1.807, 2.05) is 61.5 Å². The van der Waals surface area contributed by atoms with Gasteiger partial charge in [-0.15, -0.1) is 0 Å². The summed E-state index contributed by atoms with van der Waals surface area (Å²) in [6.07, 6.45) is -0.866. The highest BCUT2D eigenvalue weighted by Gasteiger charge is 2.44. The minimum absolute atomic E-state index is 0.0385. The minimum atomic E-state index is -2.69. The molecule has 2 aliphatic heterocycles. The van der Waals surface area contributed by atoms with Gasteiger partial charge in [-0.3, -0.25) is 71.9 Å². The average Bonchev–Trinajstić information content (AvgIpc) is 1.23. The Morgan fingerprint density at radius 3 is 1.74 bits per heavy atom. The first-order chi connectivity index (χ1) is 63.4. The van der Waals surface area contributed by atoms with Crippen molar-refractivity contribution in [2.24, 2.45) is 5.73 Å². The smallest absolute Gasteiger partial charge is 0.327 e. The number of nitrogens with two attached hydrogens (primary N) is 1. The van der Waals surface area contributed by atoms with Gasteiger partial charge in [-0.25, -0.2) is 18.6 Å². The Bertz CT molecular complexity index is 5290. The van der Waals surface area contributed by atoms with Gasteiger partial charge in [0.05, 0.1) is 39.1 Å². The normalized spacial score (nSPS) is 21.2. The summed E-state index contributed by atoms with van der Waals surface area (Å²) in [4.78, 5) is 238. The maximum Gasteiger partial charge on any atom is 0.327 e. The van der Waals surface area contributed by atoms with E-state index >= 15 is 47.1 Å². The Balaban J connectivity index is 1.14.